The van der Waals surface area contributed by atoms with Gasteiger partial charge in [0.05, 0.1) is 12.8 Å². The van der Waals surface area contributed by atoms with Gasteiger partial charge in [0.25, 0.3) is 0 Å². The van der Waals surface area contributed by atoms with Crippen LogP contribution in [0.2, 0.25) is 5.02 Å². The van der Waals surface area contributed by atoms with Gasteiger partial charge in [0.15, 0.2) is 5.78 Å². The number of carbonyl (C=O) groups is 2. The van der Waals surface area contributed by atoms with E-state index in [4.69, 9.17) is 16.3 Å². The molecule has 4 rings (SSSR count). The summed E-state index contributed by atoms with van der Waals surface area (Å²) in [5.41, 5.74) is 3.90. The molecule has 26 heavy (non-hydrogen) atoms. The molecule has 1 heterocycles. The third-order valence-electron chi connectivity index (χ3n) is 5.00. The Morgan fingerprint density at radius 3 is 2.42 bits per heavy atom. The molecule has 0 amide bonds. The second-order valence-electron chi connectivity index (χ2n) is 6.39. The van der Waals surface area contributed by atoms with E-state index in [0.717, 1.165) is 11.1 Å². The van der Waals surface area contributed by atoms with Gasteiger partial charge in [0.1, 0.15) is 5.92 Å². The number of rotatable bonds is 2. The summed E-state index contributed by atoms with van der Waals surface area (Å²) in [6.07, 6.45) is 0. The lowest BCUT2D eigenvalue weighted by molar-refractivity contribution is -0.143. The smallest absolute Gasteiger partial charge is 0.315 e. The minimum Gasteiger partial charge on any atom is -0.468 e. The van der Waals surface area contributed by atoms with Crippen LogP contribution < -0.4 is 0 Å². The average Bonchev–Trinajstić information content (AvgIpc) is 2.93. The third-order valence-corrected chi connectivity index (χ3v) is 5.35. The van der Waals surface area contributed by atoms with Crippen LogP contribution in [-0.2, 0) is 9.53 Å². The van der Waals surface area contributed by atoms with Crippen molar-refractivity contribution in [1.82, 2.24) is 0 Å². The first-order chi connectivity index (χ1) is 12.5. The maximum atomic E-state index is 13.2. The minimum atomic E-state index is -0.683. The number of halogens is 1. The summed E-state index contributed by atoms with van der Waals surface area (Å²) in [6, 6.07) is 14.7. The quantitative estimate of drug-likeness (QED) is 0.746. The van der Waals surface area contributed by atoms with Gasteiger partial charge < -0.3 is 4.74 Å². The Bertz CT molecular complexity index is 1010. The Hall–Kier alpha value is -2.72. The molecule has 0 fully saturated rings. The van der Waals surface area contributed by atoms with E-state index in [-0.39, 0.29) is 5.78 Å². The zero-order valence-electron chi connectivity index (χ0n) is 14.3. The number of Topliss-reactive ketones (excluding diaryl/α,β-unsaturated/α-hetero) is 1. The van der Waals surface area contributed by atoms with E-state index in [1.807, 2.05) is 36.4 Å². The van der Waals surface area contributed by atoms with Crippen molar-refractivity contribution in [3.63, 3.8) is 0 Å². The molecule has 0 saturated carbocycles. The van der Waals surface area contributed by atoms with Crippen LogP contribution in [0.15, 0.2) is 59.1 Å². The number of fused-ring (bicyclic) bond motifs is 2. The predicted molar refractivity (Wildman–Crippen MR) is 101 cm³/mol. The van der Waals surface area contributed by atoms with Crippen LogP contribution in [0.3, 0.4) is 0 Å². The molecule has 2 aromatic rings. The standard InChI is InChI=1S/C21H16ClNO3/c1-11-16(21(25)26-2)17(14-9-5-6-10-15(14)22)18-19(23-11)12-7-3-4-8-13(12)20(18)24/h3-10,16-17H,1-2H3/t16?,17-/m0/s1. The fourth-order valence-electron chi connectivity index (χ4n) is 3.84. The molecule has 1 aliphatic heterocycles. The first-order valence-corrected chi connectivity index (χ1v) is 8.68. The van der Waals surface area contributed by atoms with E-state index >= 15 is 0 Å². The highest BCUT2D eigenvalue weighted by Crippen LogP contribution is 2.49. The second-order valence-corrected chi connectivity index (χ2v) is 6.80. The van der Waals surface area contributed by atoms with Crippen molar-refractivity contribution >= 4 is 34.8 Å². The molecule has 2 aromatic carbocycles. The number of ether oxygens (including phenoxy) is 1. The number of hydrogen-bond donors (Lipinski definition) is 0. The van der Waals surface area contributed by atoms with E-state index in [1.165, 1.54) is 7.11 Å². The molecule has 0 radical (unpaired) electrons. The largest absolute Gasteiger partial charge is 0.468 e. The molecule has 1 unspecified atom stereocenters. The van der Waals surface area contributed by atoms with Crippen LogP contribution >= 0.6 is 11.6 Å². The number of benzene rings is 2. The number of methoxy groups -OCH3 is 1. The molecule has 1 aliphatic carbocycles. The zero-order valence-corrected chi connectivity index (χ0v) is 15.1. The molecule has 0 aromatic heterocycles. The first kappa shape index (κ1) is 16.7. The van der Waals surface area contributed by atoms with Crippen molar-refractivity contribution in [2.24, 2.45) is 10.9 Å². The summed E-state index contributed by atoms with van der Waals surface area (Å²) >= 11 is 6.44. The molecule has 0 saturated heterocycles. The number of carbonyl (C=O) groups excluding carboxylic acids is 2. The van der Waals surface area contributed by atoms with Gasteiger partial charge in [-0.1, -0.05) is 54.1 Å². The maximum absolute atomic E-state index is 13.2. The average molecular weight is 366 g/mol. The number of nitrogens with zero attached hydrogens (tertiary/aromatic N) is 1. The summed E-state index contributed by atoms with van der Waals surface area (Å²) in [6.45, 7) is 1.79. The Morgan fingerprint density at radius 1 is 1.08 bits per heavy atom. The number of aliphatic imine (C=N–C) groups is 1. The first-order valence-electron chi connectivity index (χ1n) is 8.30. The van der Waals surface area contributed by atoms with Crippen LogP contribution in [0.25, 0.3) is 5.70 Å². The fraction of sp³-hybridized carbons (Fsp3) is 0.190. The van der Waals surface area contributed by atoms with Crippen molar-refractivity contribution in [2.75, 3.05) is 7.11 Å². The van der Waals surface area contributed by atoms with Gasteiger partial charge in [-0.25, -0.2) is 0 Å². The normalized spacial score (nSPS) is 21.2. The van der Waals surface area contributed by atoms with Crippen LogP contribution in [0, 0.1) is 5.92 Å². The van der Waals surface area contributed by atoms with E-state index in [9.17, 15) is 9.59 Å². The van der Waals surface area contributed by atoms with Crippen LogP contribution in [0.5, 0.6) is 0 Å². The Morgan fingerprint density at radius 2 is 1.73 bits per heavy atom. The van der Waals surface area contributed by atoms with Crippen molar-refractivity contribution in [3.8, 4) is 0 Å². The van der Waals surface area contributed by atoms with Gasteiger partial charge in [-0.05, 0) is 18.6 Å². The summed E-state index contributed by atoms with van der Waals surface area (Å²) in [5.74, 6) is -1.74. The van der Waals surface area contributed by atoms with Crippen LogP contribution in [0.4, 0.5) is 0 Å². The molecule has 2 aliphatic rings. The molecule has 2 atom stereocenters. The molecule has 5 heteroatoms. The predicted octanol–water partition coefficient (Wildman–Crippen LogP) is 4.29. The molecule has 0 N–H and O–H groups in total. The zero-order chi connectivity index (χ0) is 18.4. The van der Waals surface area contributed by atoms with Crippen molar-refractivity contribution in [1.29, 1.82) is 0 Å². The summed E-state index contributed by atoms with van der Waals surface area (Å²) < 4.78 is 5.02. The highest BCUT2D eigenvalue weighted by atomic mass is 35.5. The number of esters is 1. The van der Waals surface area contributed by atoms with E-state index in [1.54, 1.807) is 19.1 Å². The van der Waals surface area contributed by atoms with Gasteiger partial charge >= 0.3 is 5.97 Å². The SMILES string of the molecule is COC(=O)C1C(C)=NC2=C(C(=O)c3ccccc32)[C@H]1c1ccccc1Cl. The van der Waals surface area contributed by atoms with Crippen LogP contribution in [0.1, 0.15) is 34.3 Å². The van der Waals surface area contributed by atoms with Gasteiger partial charge in [-0.2, -0.15) is 0 Å². The highest BCUT2D eigenvalue weighted by Gasteiger charge is 2.46. The van der Waals surface area contributed by atoms with Gasteiger partial charge in [-0.3, -0.25) is 14.6 Å². The lowest BCUT2D eigenvalue weighted by atomic mass is 9.75. The van der Waals surface area contributed by atoms with E-state index in [2.05, 4.69) is 4.99 Å². The number of allylic oxidation sites excluding steroid dienone is 1. The Kier molecular flexibility index (Phi) is 4.00. The molecular weight excluding hydrogens is 350 g/mol. The van der Waals surface area contributed by atoms with E-state index in [0.29, 0.717) is 27.6 Å². The van der Waals surface area contributed by atoms with Gasteiger partial charge in [0, 0.05) is 33.4 Å². The Balaban J connectivity index is 1.99. The van der Waals surface area contributed by atoms with Gasteiger partial charge in [-0.15, -0.1) is 0 Å². The highest BCUT2D eigenvalue weighted by molar-refractivity contribution is 6.32. The molecular formula is C21H16ClNO3. The minimum absolute atomic E-state index is 0.106. The molecule has 0 spiro atoms. The molecule has 0 bridgehead atoms. The van der Waals surface area contributed by atoms with Gasteiger partial charge in [0.2, 0.25) is 0 Å². The summed E-state index contributed by atoms with van der Waals surface area (Å²) in [4.78, 5) is 30.4. The van der Waals surface area contributed by atoms with Crippen LogP contribution in [-0.4, -0.2) is 24.6 Å². The summed E-state index contributed by atoms with van der Waals surface area (Å²) in [7, 11) is 1.34. The maximum Gasteiger partial charge on any atom is 0.315 e. The molecule has 4 nitrogen and oxygen atoms in total. The number of hydrogen-bond acceptors (Lipinski definition) is 4. The topological polar surface area (TPSA) is 55.7 Å². The third kappa shape index (κ3) is 2.33. The lowest BCUT2D eigenvalue weighted by Crippen LogP contribution is -2.34. The van der Waals surface area contributed by atoms with Crippen molar-refractivity contribution < 1.29 is 14.3 Å². The van der Waals surface area contributed by atoms with Crippen molar-refractivity contribution in [3.05, 3.63) is 75.8 Å². The summed E-state index contributed by atoms with van der Waals surface area (Å²) in [5, 5.41) is 0.511. The lowest BCUT2D eigenvalue weighted by Gasteiger charge is -2.30. The second kappa shape index (κ2) is 6.22. The monoisotopic (exact) mass is 365 g/mol. The fourth-order valence-corrected chi connectivity index (χ4v) is 4.10. The Labute approximate surface area is 156 Å². The number of ketones is 1. The molecule has 130 valence electrons. The van der Waals surface area contributed by atoms with E-state index < -0.39 is 17.8 Å². The van der Waals surface area contributed by atoms with Crippen molar-refractivity contribution in [2.45, 2.75) is 12.8 Å².